The highest BCUT2D eigenvalue weighted by molar-refractivity contribution is 7.89. The molecular formula is C17H22N4O5S3. The van der Waals surface area contributed by atoms with Crippen LogP contribution in [-0.2, 0) is 31.4 Å². The Labute approximate surface area is 173 Å². The highest BCUT2D eigenvalue weighted by Crippen LogP contribution is 2.23. The Bertz CT molecular complexity index is 1240. The van der Waals surface area contributed by atoms with Gasteiger partial charge in [0.15, 0.2) is 4.80 Å². The molecule has 9 nitrogen and oxygen atoms in total. The van der Waals surface area contributed by atoms with E-state index < -0.39 is 31.9 Å². The second kappa shape index (κ2) is 8.11. The van der Waals surface area contributed by atoms with Crippen molar-refractivity contribution in [2.45, 2.75) is 24.3 Å². The van der Waals surface area contributed by atoms with E-state index >= 15 is 0 Å². The maximum atomic E-state index is 12.8. The largest absolute Gasteiger partial charge is 0.313 e. The molecular weight excluding hydrogens is 436 g/mol. The van der Waals surface area contributed by atoms with E-state index in [2.05, 4.69) is 11.6 Å². The van der Waals surface area contributed by atoms with Gasteiger partial charge in [-0.1, -0.05) is 17.4 Å². The molecule has 1 aliphatic heterocycles. The number of benzene rings is 1. The van der Waals surface area contributed by atoms with E-state index in [0.717, 1.165) is 6.26 Å². The highest BCUT2D eigenvalue weighted by atomic mass is 32.2. The summed E-state index contributed by atoms with van der Waals surface area (Å²) in [6.07, 6.45) is 3.94. The van der Waals surface area contributed by atoms with Crippen LogP contribution in [0, 0.1) is 5.92 Å². The summed E-state index contributed by atoms with van der Waals surface area (Å²) < 4.78 is 50.5. The van der Waals surface area contributed by atoms with Gasteiger partial charge in [0, 0.05) is 19.6 Å². The first kappa shape index (κ1) is 21.8. The van der Waals surface area contributed by atoms with E-state index in [9.17, 15) is 21.6 Å². The van der Waals surface area contributed by atoms with Crippen LogP contribution in [0.25, 0.3) is 10.2 Å². The van der Waals surface area contributed by atoms with Gasteiger partial charge in [-0.15, -0.1) is 6.58 Å². The van der Waals surface area contributed by atoms with Crippen LogP contribution in [0.5, 0.6) is 0 Å². The SMILES string of the molecule is C=CCn1c(=NC(=O)C2CCCN(S(C)(=O)=O)C2)sc2cc(S(N)(=O)=O)ccc21. The minimum Gasteiger partial charge on any atom is -0.313 e. The lowest BCUT2D eigenvalue weighted by Crippen LogP contribution is -2.41. The number of hydrogen-bond acceptors (Lipinski definition) is 6. The predicted octanol–water partition coefficient (Wildman–Crippen LogP) is 0.635. The summed E-state index contributed by atoms with van der Waals surface area (Å²) >= 11 is 1.17. The average Bonchev–Trinajstić information content (AvgIpc) is 2.97. The molecule has 1 unspecified atom stereocenters. The number of piperidine rings is 1. The van der Waals surface area contributed by atoms with Gasteiger partial charge < -0.3 is 4.57 Å². The van der Waals surface area contributed by atoms with Crippen molar-refractivity contribution in [3.63, 3.8) is 0 Å². The third kappa shape index (κ3) is 4.83. The molecule has 0 bridgehead atoms. The summed E-state index contributed by atoms with van der Waals surface area (Å²) in [6, 6.07) is 4.47. The molecule has 1 aromatic heterocycles. The van der Waals surface area contributed by atoms with Gasteiger partial charge in [0.25, 0.3) is 5.91 Å². The summed E-state index contributed by atoms with van der Waals surface area (Å²) in [5, 5.41) is 5.20. The Morgan fingerprint density at radius 3 is 2.72 bits per heavy atom. The van der Waals surface area contributed by atoms with Gasteiger partial charge in [-0.05, 0) is 31.0 Å². The number of sulfonamides is 2. The van der Waals surface area contributed by atoms with Crippen molar-refractivity contribution in [3.05, 3.63) is 35.7 Å². The molecule has 29 heavy (non-hydrogen) atoms. The normalized spacial score (nSPS) is 19.5. The number of nitrogens with zero attached hydrogens (tertiary/aromatic N) is 3. The first-order valence-corrected chi connectivity index (χ1v) is 13.0. The lowest BCUT2D eigenvalue weighted by Gasteiger charge is -2.28. The number of allylic oxidation sites excluding steroid dienone is 1. The molecule has 0 aliphatic carbocycles. The van der Waals surface area contributed by atoms with Crippen LogP contribution >= 0.6 is 11.3 Å². The summed E-state index contributed by atoms with van der Waals surface area (Å²) in [5.41, 5.74) is 0.704. The fourth-order valence-electron chi connectivity index (χ4n) is 3.25. The quantitative estimate of drug-likeness (QED) is 0.657. The number of hydrogen-bond donors (Lipinski definition) is 1. The van der Waals surface area contributed by atoms with E-state index in [4.69, 9.17) is 5.14 Å². The Kier molecular flexibility index (Phi) is 6.11. The molecule has 1 atom stereocenters. The van der Waals surface area contributed by atoms with Crippen LogP contribution in [-0.4, -0.2) is 51.0 Å². The fraction of sp³-hybridized carbons (Fsp3) is 0.412. The van der Waals surface area contributed by atoms with Crippen molar-refractivity contribution in [1.29, 1.82) is 0 Å². The standard InChI is InChI=1S/C17H22N4O5S3/c1-3-8-21-14-7-6-13(29(18,25)26)10-15(14)27-17(21)19-16(22)12-5-4-9-20(11-12)28(2,23)24/h3,6-7,10,12H,1,4-5,8-9,11H2,2H3,(H2,18,25,26). The van der Waals surface area contributed by atoms with Crippen molar-refractivity contribution >= 4 is 47.5 Å². The summed E-state index contributed by atoms with van der Waals surface area (Å²) in [7, 11) is -7.22. The topological polar surface area (TPSA) is 132 Å². The molecule has 0 saturated carbocycles. The molecule has 2 aromatic rings. The van der Waals surface area contributed by atoms with Gasteiger partial charge in [-0.25, -0.2) is 26.3 Å². The Balaban J connectivity index is 2.03. The first-order chi connectivity index (χ1) is 13.5. The highest BCUT2D eigenvalue weighted by Gasteiger charge is 2.30. The van der Waals surface area contributed by atoms with Crippen molar-refractivity contribution in [2.75, 3.05) is 19.3 Å². The van der Waals surface area contributed by atoms with Crippen molar-refractivity contribution in [1.82, 2.24) is 8.87 Å². The molecule has 1 aliphatic rings. The zero-order chi connectivity index (χ0) is 21.4. The number of primary sulfonamides is 1. The number of fused-ring (bicyclic) bond motifs is 1. The van der Waals surface area contributed by atoms with E-state index in [-0.39, 0.29) is 11.4 Å². The van der Waals surface area contributed by atoms with E-state index in [1.165, 1.54) is 27.8 Å². The Hall–Kier alpha value is -1.86. The molecule has 2 N–H and O–H groups in total. The smallest absolute Gasteiger partial charge is 0.252 e. The second-order valence-electron chi connectivity index (χ2n) is 6.87. The number of nitrogens with two attached hydrogens (primary N) is 1. The van der Waals surface area contributed by atoms with Crippen LogP contribution in [0.2, 0.25) is 0 Å². The lowest BCUT2D eigenvalue weighted by atomic mass is 9.99. The minimum absolute atomic E-state index is 0.0223. The third-order valence-electron chi connectivity index (χ3n) is 4.70. The van der Waals surface area contributed by atoms with Crippen molar-refractivity contribution < 1.29 is 21.6 Å². The monoisotopic (exact) mass is 458 g/mol. The van der Waals surface area contributed by atoms with Gasteiger partial charge in [-0.2, -0.15) is 4.99 Å². The van der Waals surface area contributed by atoms with Gasteiger partial charge >= 0.3 is 0 Å². The van der Waals surface area contributed by atoms with Crippen LogP contribution in [0.15, 0.2) is 40.7 Å². The van der Waals surface area contributed by atoms with Gasteiger partial charge in [-0.3, -0.25) is 4.79 Å². The van der Waals surface area contributed by atoms with Crippen LogP contribution in [0.1, 0.15) is 12.8 Å². The van der Waals surface area contributed by atoms with Crippen LogP contribution in [0.3, 0.4) is 0 Å². The maximum Gasteiger partial charge on any atom is 0.252 e. The van der Waals surface area contributed by atoms with E-state index in [1.54, 1.807) is 16.7 Å². The molecule has 2 heterocycles. The summed E-state index contributed by atoms with van der Waals surface area (Å²) in [4.78, 5) is 17.4. The number of rotatable bonds is 5. The van der Waals surface area contributed by atoms with Crippen molar-refractivity contribution in [2.24, 2.45) is 16.0 Å². The number of amides is 1. The zero-order valence-electron chi connectivity index (χ0n) is 15.8. The summed E-state index contributed by atoms with van der Waals surface area (Å²) in [5.74, 6) is -0.907. The first-order valence-electron chi connectivity index (χ1n) is 8.81. The molecule has 1 aromatic carbocycles. The lowest BCUT2D eigenvalue weighted by molar-refractivity contribution is -0.122. The number of carbonyl (C=O) groups is 1. The molecule has 12 heteroatoms. The molecule has 3 rings (SSSR count). The molecule has 0 radical (unpaired) electrons. The zero-order valence-corrected chi connectivity index (χ0v) is 18.3. The van der Waals surface area contributed by atoms with E-state index in [1.807, 2.05) is 0 Å². The van der Waals surface area contributed by atoms with Gasteiger partial charge in [0.2, 0.25) is 20.0 Å². The van der Waals surface area contributed by atoms with Crippen LogP contribution < -0.4 is 9.94 Å². The van der Waals surface area contributed by atoms with E-state index in [0.29, 0.717) is 40.9 Å². The Morgan fingerprint density at radius 1 is 1.38 bits per heavy atom. The Morgan fingerprint density at radius 2 is 2.10 bits per heavy atom. The minimum atomic E-state index is -3.85. The molecule has 1 fully saturated rings. The maximum absolute atomic E-state index is 12.8. The molecule has 1 amide bonds. The van der Waals surface area contributed by atoms with Crippen LogP contribution in [0.4, 0.5) is 0 Å². The molecule has 0 spiro atoms. The number of thiazole rings is 1. The third-order valence-corrected chi connectivity index (χ3v) is 7.92. The van der Waals surface area contributed by atoms with Gasteiger partial charge in [0.1, 0.15) is 0 Å². The molecule has 1 saturated heterocycles. The molecule has 158 valence electrons. The number of aromatic nitrogens is 1. The fourth-order valence-corrected chi connectivity index (χ4v) is 5.86. The summed E-state index contributed by atoms with van der Waals surface area (Å²) in [6.45, 7) is 4.61. The average molecular weight is 459 g/mol. The van der Waals surface area contributed by atoms with Crippen molar-refractivity contribution in [3.8, 4) is 0 Å². The van der Waals surface area contributed by atoms with Gasteiger partial charge in [0.05, 0.1) is 27.3 Å². The predicted molar refractivity (Wildman–Crippen MR) is 111 cm³/mol. The number of carbonyl (C=O) groups excluding carboxylic acids is 1. The second-order valence-corrected chi connectivity index (χ2v) is 11.4.